The van der Waals surface area contributed by atoms with Crippen LogP contribution in [0.1, 0.15) is 12.8 Å². The molecule has 6 nitrogen and oxygen atoms in total. The van der Waals surface area contributed by atoms with Crippen LogP contribution in [0.25, 0.3) is 0 Å². The van der Waals surface area contributed by atoms with Gasteiger partial charge in [-0.15, -0.1) is 0 Å². The van der Waals surface area contributed by atoms with Gasteiger partial charge in [-0.3, -0.25) is 4.79 Å². The fourth-order valence-corrected chi connectivity index (χ4v) is 4.32. The van der Waals surface area contributed by atoms with Crippen molar-refractivity contribution in [2.24, 2.45) is 0 Å². The molecule has 1 unspecified atom stereocenters. The summed E-state index contributed by atoms with van der Waals surface area (Å²) in [5.74, 6) is -0.193. The molecule has 1 aromatic rings. The summed E-state index contributed by atoms with van der Waals surface area (Å²) in [5.41, 5.74) is 6.11. The number of amides is 1. The fourth-order valence-electron chi connectivity index (χ4n) is 2.39. The van der Waals surface area contributed by atoms with Gasteiger partial charge >= 0.3 is 0 Å². The Hall–Kier alpha value is -1.12. The van der Waals surface area contributed by atoms with Crippen LogP contribution in [0.15, 0.2) is 27.6 Å². The average Bonchev–Trinajstić information content (AvgIpc) is 2.90. The Morgan fingerprint density at radius 3 is 2.67 bits per heavy atom. The SMILES string of the molecule is CN(C)C(=O)C1CCCN1S(=O)(=O)c1ccc(Br)c(N)c1. The van der Waals surface area contributed by atoms with Gasteiger partial charge in [0, 0.05) is 30.8 Å². The molecule has 1 atom stereocenters. The van der Waals surface area contributed by atoms with Gasteiger partial charge in [-0.05, 0) is 47.0 Å². The summed E-state index contributed by atoms with van der Waals surface area (Å²) >= 11 is 3.24. The smallest absolute Gasteiger partial charge is 0.243 e. The summed E-state index contributed by atoms with van der Waals surface area (Å²) in [6.45, 7) is 0.350. The topological polar surface area (TPSA) is 83.7 Å². The van der Waals surface area contributed by atoms with Gasteiger partial charge in [-0.2, -0.15) is 4.31 Å². The first-order chi connectivity index (χ1) is 9.75. The molecule has 2 rings (SSSR count). The summed E-state index contributed by atoms with van der Waals surface area (Å²) in [6.07, 6.45) is 1.22. The fraction of sp³-hybridized carbons (Fsp3) is 0.462. The lowest BCUT2D eigenvalue weighted by atomic mass is 10.2. The Morgan fingerprint density at radius 2 is 2.10 bits per heavy atom. The number of nitrogens with two attached hydrogens (primary N) is 1. The van der Waals surface area contributed by atoms with E-state index in [9.17, 15) is 13.2 Å². The van der Waals surface area contributed by atoms with Crippen LogP contribution in [0, 0.1) is 0 Å². The maximum absolute atomic E-state index is 12.7. The minimum absolute atomic E-state index is 0.113. The molecule has 1 amide bonds. The maximum Gasteiger partial charge on any atom is 0.243 e. The summed E-state index contributed by atoms with van der Waals surface area (Å²) in [4.78, 5) is 13.7. The highest BCUT2D eigenvalue weighted by atomic mass is 79.9. The van der Waals surface area contributed by atoms with E-state index in [0.29, 0.717) is 29.5 Å². The zero-order valence-electron chi connectivity index (χ0n) is 11.9. The minimum Gasteiger partial charge on any atom is -0.398 e. The van der Waals surface area contributed by atoms with E-state index in [2.05, 4.69) is 15.9 Å². The van der Waals surface area contributed by atoms with E-state index in [0.717, 1.165) is 0 Å². The van der Waals surface area contributed by atoms with Crippen LogP contribution >= 0.6 is 15.9 Å². The number of hydrogen-bond donors (Lipinski definition) is 1. The number of anilines is 1. The number of nitrogen functional groups attached to an aromatic ring is 1. The first-order valence-electron chi connectivity index (χ1n) is 6.53. The van der Waals surface area contributed by atoms with Gasteiger partial charge in [-0.1, -0.05) is 0 Å². The van der Waals surface area contributed by atoms with Crippen LogP contribution < -0.4 is 5.73 Å². The van der Waals surface area contributed by atoms with Crippen LogP contribution in [-0.2, 0) is 14.8 Å². The second-order valence-corrected chi connectivity index (χ2v) is 7.93. The lowest BCUT2D eigenvalue weighted by Crippen LogP contribution is -2.45. The van der Waals surface area contributed by atoms with Crippen molar-refractivity contribution in [3.05, 3.63) is 22.7 Å². The van der Waals surface area contributed by atoms with Crippen molar-refractivity contribution in [3.8, 4) is 0 Å². The third-order valence-corrected chi connectivity index (χ3v) is 6.13. The van der Waals surface area contributed by atoms with E-state index in [-0.39, 0.29) is 10.8 Å². The number of carbonyl (C=O) groups excluding carboxylic acids is 1. The van der Waals surface area contributed by atoms with Crippen molar-refractivity contribution in [1.82, 2.24) is 9.21 Å². The van der Waals surface area contributed by atoms with E-state index < -0.39 is 16.1 Å². The molecule has 0 saturated carbocycles. The summed E-state index contributed by atoms with van der Waals surface area (Å²) in [7, 11) is -0.465. The lowest BCUT2D eigenvalue weighted by molar-refractivity contribution is -0.132. The molecule has 2 N–H and O–H groups in total. The highest BCUT2D eigenvalue weighted by molar-refractivity contribution is 9.10. The number of halogens is 1. The summed E-state index contributed by atoms with van der Waals surface area (Å²) in [6, 6.07) is 3.87. The molecular weight excluding hydrogens is 358 g/mol. The molecule has 0 spiro atoms. The van der Waals surface area contributed by atoms with Crippen LogP contribution in [0.5, 0.6) is 0 Å². The van der Waals surface area contributed by atoms with Gasteiger partial charge in [0.25, 0.3) is 0 Å². The molecule has 1 saturated heterocycles. The van der Waals surface area contributed by atoms with E-state index in [1.54, 1.807) is 20.2 Å². The van der Waals surface area contributed by atoms with Gasteiger partial charge in [0.1, 0.15) is 6.04 Å². The molecule has 1 heterocycles. The largest absolute Gasteiger partial charge is 0.398 e. The van der Waals surface area contributed by atoms with Crippen molar-refractivity contribution >= 4 is 37.5 Å². The molecule has 0 aliphatic carbocycles. The Balaban J connectivity index is 2.38. The first kappa shape index (κ1) is 16.3. The second kappa shape index (κ2) is 5.94. The number of likely N-dealkylation sites (N-methyl/N-ethyl adjacent to an activating group) is 1. The van der Waals surface area contributed by atoms with Crippen LogP contribution in [-0.4, -0.2) is 50.2 Å². The third kappa shape index (κ3) is 3.07. The number of benzene rings is 1. The number of rotatable bonds is 3. The van der Waals surface area contributed by atoms with Crippen molar-refractivity contribution in [2.45, 2.75) is 23.8 Å². The zero-order chi connectivity index (χ0) is 15.8. The predicted molar refractivity (Wildman–Crippen MR) is 84.2 cm³/mol. The van der Waals surface area contributed by atoms with Crippen LogP contribution in [0.3, 0.4) is 0 Å². The van der Waals surface area contributed by atoms with E-state index in [4.69, 9.17) is 5.73 Å². The van der Waals surface area contributed by atoms with Gasteiger partial charge in [0.05, 0.1) is 4.90 Å². The monoisotopic (exact) mass is 375 g/mol. The zero-order valence-corrected chi connectivity index (χ0v) is 14.3. The van der Waals surface area contributed by atoms with Crippen LogP contribution in [0.2, 0.25) is 0 Å². The quantitative estimate of drug-likeness (QED) is 0.806. The molecule has 0 bridgehead atoms. The second-order valence-electron chi connectivity index (χ2n) is 5.19. The van der Waals surface area contributed by atoms with Gasteiger partial charge < -0.3 is 10.6 Å². The molecule has 116 valence electrons. The highest BCUT2D eigenvalue weighted by Gasteiger charge is 2.40. The molecule has 1 aromatic carbocycles. The van der Waals surface area contributed by atoms with Gasteiger partial charge in [-0.25, -0.2) is 8.42 Å². The average molecular weight is 376 g/mol. The standard InChI is InChI=1S/C13H18BrN3O3S/c1-16(2)13(18)12-4-3-7-17(12)21(19,20)9-5-6-10(14)11(15)8-9/h5-6,8,12H,3-4,7,15H2,1-2H3. The number of nitrogens with zero attached hydrogens (tertiary/aromatic N) is 2. The first-order valence-corrected chi connectivity index (χ1v) is 8.76. The van der Waals surface area contributed by atoms with Crippen molar-refractivity contribution in [1.29, 1.82) is 0 Å². The summed E-state index contributed by atoms with van der Waals surface area (Å²) in [5, 5.41) is 0. The number of sulfonamides is 1. The van der Waals surface area contributed by atoms with E-state index in [1.807, 2.05) is 0 Å². The molecule has 0 aromatic heterocycles. The Bertz CT molecular complexity index is 661. The Morgan fingerprint density at radius 1 is 1.43 bits per heavy atom. The molecule has 1 fully saturated rings. The Labute approximate surface area is 133 Å². The molecule has 8 heteroatoms. The van der Waals surface area contributed by atoms with Crippen LogP contribution in [0.4, 0.5) is 5.69 Å². The number of carbonyl (C=O) groups is 1. The molecular formula is C13H18BrN3O3S. The lowest BCUT2D eigenvalue weighted by Gasteiger charge is -2.25. The Kier molecular flexibility index (Phi) is 4.60. The molecule has 1 aliphatic heterocycles. The predicted octanol–water partition coefficient (Wildman–Crippen LogP) is 1.27. The number of hydrogen-bond acceptors (Lipinski definition) is 4. The van der Waals surface area contributed by atoms with Crippen molar-refractivity contribution in [3.63, 3.8) is 0 Å². The third-order valence-electron chi connectivity index (χ3n) is 3.50. The maximum atomic E-state index is 12.7. The normalized spacial score (nSPS) is 19.7. The van der Waals surface area contributed by atoms with Crippen molar-refractivity contribution in [2.75, 3.05) is 26.4 Å². The van der Waals surface area contributed by atoms with Gasteiger partial charge in [0.15, 0.2) is 0 Å². The van der Waals surface area contributed by atoms with E-state index in [1.165, 1.54) is 21.3 Å². The molecule has 21 heavy (non-hydrogen) atoms. The van der Waals surface area contributed by atoms with Crippen molar-refractivity contribution < 1.29 is 13.2 Å². The molecule has 0 radical (unpaired) electrons. The van der Waals surface area contributed by atoms with Gasteiger partial charge in [0.2, 0.25) is 15.9 Å². The van der Waals surface area contributed by atoms with E-state index >= 15 is 0 Å². The molecule has 1 aliphatic rings. The highest BCUT2D eigenvalue weighted by Crippen LogP contribution is 2.29. The minimum atomic E-state index is -3.72. The summed E-state index contributed by atoms with van der Waals surface area (Å²) < 4.78 is 27.4.